The van der Waals surface area contributed by atoms with Gasteiger partial charge in [-0.05, 0) is 41.5 Å². The van der Waals surface area contributed by atoms with E-state index in [1.54, 1.807) is 11.8 Å². The van der Waals surface area contributed by atoms with Crippen LogP contribution in [0.15, 0.2) is 53.4 Å². The Balaban J connectivity index is 2.14. The number of hydrogen-bond acceptors (Lipinski definition) is 2. The summed E-state index contributed by atoms with van der Waals surface area (Å²) in [7, 11) is 0. The molecule has 0 aliphatic heterocycles. The van der Waals surface area contributed by atoms with Gasteiger partial charge < -0.3 is 4.79 Å². The minimum absolute atomic E-state index is 0.599. The fourth-order valence-electron chi connectivity index (χ4n) is 1.87. The van der Waals surface area contributed by atoms with Crippen LogP contribution >= 0.6 is 11.8 Å². The summed E-state index contributed by atoms with van der Waals surface area (Å²) < 4.78 is 0. The van der Waals surface area contributed by atoms with Crippen LogP contribution in [0.25, 0.3) is 11.1 Å². The van der Waals surface area contributed by atoms with Crippen molar-refractivity contribution in [3.05, 3.63) is 54.1 Å². The highest BCUT2D eigenvalue weighted by atomic mass is 32.2. The largest absolute Gasteiger partial charge is 0.303 e. The van der Waals surface area contributed by atoms with Crippen LogP contribution in [0.4, 0.5) is 0 Å². The molecule has 0 aliphatic rings. The Morgan fingerprint density at radius 3 is 2.00 bits per heavy atom. The average Bonchev–Trinajstić information content (AvgIpc) is 2.46. The van der Waals surface area contributed by atoms with Crippen molar-refractivity contribution >= 4 is 18.0 Å². The number of rotatable bonds is 5. The molecule has 0 aliphatic carbocycles. The third-order valence-electron chi connectivity index (χ3n) is 2.93. The first kappa shape index (κ1) is 12.9. The lowest BCUT2D eigenvalue weighted by atomic mass is 10.0. The van der Waals surface area contributed by atoms with E-state index < -0.39 is 0 Å². The van der Waals surface area contributed by atoms with Crippen LogP contribution in [0, 0.1) is 0 Å². The van der Waals surface area contributed by atoms with Gasteiger partial charge >= 0.3 is 0 Å². The lowest BCUT2D eigenvalue weighted by Gasteiger charge is -2.04. The van der Waals surface area contributed by atoms with E-state index in [4.69, 9.17) is 0 Å². The molecule has 0 saturated heterocycles. The van der Waals surface area contributed by atoms with E-state index in [-0.39, 0.29) is 0 Å². The first-order valence-electron chi connectivity index (χ1n) is 6.00. The van der Waals surface area contributed by atoms with Gasteiger partial charge in [-0.1, -0.05) is 36.4 Å². The average molecular weight is 256 g/mol. The number of thioether (sulfide) groups is 1. The van der Waals surface area contributed by atoms with Gasteiger partial charge in [-0.3, -0.25) is 0 Å². The smallest absolute Gasteiger partial charge is 0.120 e. The molecule has 0 unspecified atom stereocenters. The number of benzene rings is 2. The minimum Gasteiger partial charge on any atom is -0.303 e. The van der Waals surface area contributed by atoms with Crippen LogP contribution in [0.5, 0.6) is 0 Å². The second-order valence-corrected chi connectivity index (χ2v) is 5.01. The van der Waals surface area contributed by atoms with Gasteiger partial charge in [0.2, 0.25) is 0 Å². The maximum absolute atomic E-state index is 10.3. The van der Waals surface area contributed by atoms with Crippen molar-refractivity contribution in [3.8, 4) is 11.1 Å². The molecule has 0 saturated carbocycles. The zero-order valence-corrected chi connectivity index (χ0v) is 11.2. The molecule has 0 heterocycles. The summed E-state index contributed by atoms with van der Waals surface area (Å²) in [4.78, 5) is 11.6. The van der Waals surface area contributed by atoms with Gasteiger partial charge in [0.05, 0.1) is 0 Å². The van der Waals surface area contributed by atoms with Crippen LogP contribution in [-0.2, 0) is 11.2 Å². The quantitative estimate of drug-likeness (QED) is 0.589. The van der Waals surface area contributed by atoms with Crippen molar-refractivity contribution in [1.82, 2.24) is 0 Å². The Kier molecular flexibility index (Phi) is 4.59. The van der Waals surface area contributed by atoms with E-state index in [1.165, 1.54) is 21.6 Å². The lowest BCUT2D eigenvalue weighted by Crippen LogP contribution is -1.86. The third kappa shape index (κ3) is 3.23. The summed E-state index contributed by atoms with van der Waals surface area (Å²) in [5.74, 6) is 0. The summed E-state index contributed by atoms with van der Waals surface area (Å²) in [5.41, 5.74) is 3.67. The fraction of sp³-hybridized carbons (Fsp3) is 0.188. The standard InChI is InChI=1S/C16H16OS/c1-18-16-10-8-15(9-11-16)14-6-4-13(5-7-14)3-2-12-17/h4-12H,2-3H2,1H3. The monoisotopic (exact) mass is 256 g/mol. The van der Waals surface area contributed by atoms with E-state index in [1.807, 2.05) is 0 Å². The number of carbonyl (C=O) groups is 1. The fourth-order valence-corrected chi connectivity index (χ4v) is 2.28. The maximum atomic E-state index is 10.3. The van der Waals surface area contributed by atoms with Crippen LogP contribution < -0.4 is 0 Å². The van der Waals surface area contributed by atoms with Gasteiger partial charge in [0.25, 0.3) is 0 Å². The second-order valence-electron chi connectivity index (χ2n) is 4.13. The summed E-state index contributed by atoms with van der Waals surface area (Å²) in [6.07, 6.45) is 4.48. The third-order valence-corrected chi connectivity index (χ3v) is 3.67. The van der Waals surface area contributed by atoms with Crippen molar-refractivity contribution in [3.63, 3.8) is 0 Å². The normalized spacial score (nSPS) is 10.3. The van der Waals surface area contributed by atoms with Gasteiger partial charge in [-0.15, -0.1) is 11.8 Å². The van der Waals surface area contributed by atoms with Crippen LogP contribution in [0.2, 0.25) is 0 Å². The number of aldehydes is 1. The van der Waals surface area contributed by atoms with Gasteiger partial charge in [-0.2, -0.15) is 0 Å². The van der Waals surface area contributed by atoms with E-state index >= 15 is 0 Å². The molecule has 0 amide bonds. The molecular weight excluding hydrogens is 240 g/mol. The van der Waals surface area contributed by atoms with E-state index in [9.17, 15) is 4.79 Å². The summed E-state index contributed by atoms with van der Waals surface area (Å²) in [6, 6.07) is 17.0. The predicted molar refractivity (Wildman–Crippen MR) is 78.0 cm³/mol. The Morgan fingerprint density at radius 2 is 1.50 bits per heavy atom. The molecule has 2 aromatic carbocycles. The number of hydrogen-bond donors (Lipinski definition) is 0. The summed E-state index contributed by atoms with van der Waals surface area (Å²) in [5, 5.41) is 0. The highest BCUT2D eigenvalue weighted by molar-refractivity contribution is 7.98. The molecule has 0 bridgehead atoms. The van der Waals surface area contributed by atoms with E-state index in [0.29, 0.717) is 6.42 Å². The first-order valence-corrected chi connectivity index (χ1v) is 7.23. The van der Waals surface area contributed by atoms with Crippen molar-refractivity contribution in [2.24, 2.45) is 0 Å². The highest BCUT2D eigenvalue weighted by Gasteiger charge is 1.98. The number of carbonyl (C=O) groups excluding carboxylic acids is 1. The van der Waals surface area contributed by atoms with E-state index in [0.717, 1.165) is 12.7 Å². The van der Waals surface area contributed by atoms with Gasteiger partial charge in [0.1, 0.15) is 6.29 Å². The first-order chi connectivity index (χ1) is 8.83. The van der Waals surface area contributed by atoms with Crippen molar-refractivity contribution in [2.75, 3.05) is 6.26 Å². The Bertz CT molecular complexity index is 500. The number of aryl methyl sites for hydroxylation is 1. The molecule has 0 fully saturated rings. The summed E-state index contributed by atoms with van der Waals surface area (Å²) in [6.45, 7) is 0. The van der Waals surface area contributed by atoms with Crippen molar-refractivity contribution in [2.45, 2.75) is 17.7 Å². The molecule has 18 heavy (non-hydrogen) atoms. The van der Waals surface area contributed by atoms with Gasteiger partial charge in [0, 0.05) is 11.3 Å². The minimum atomic E-state index is 0.599. The molecule has 2 rings (SSSR count). The molecule has 2 aromatic rings. The van der Waals surface area contributed by atoms with Crippen LogP contribution in [0.3, 0.4) is 0 Å². The molecule has 0 aromatic heterocycles. The Hall–Kier alpha value is -1.54. The predicted octanol–water partition coefficient (Wildman–Crippen LogP) is 4.21. The molecule has 92 valence electrons. The molecular formula is C16H16OS. The highest BCUT2D eigenvalue weighted by Crippen LogP contribution is 2.23. The molecule has 0 radical (unpaired) electrons. The SMILES string of the molecule is CSc1ccc(-c2ccc(CCC=O)cc2)cc1. The molecule has 0 spiro atoms. The van der Waals surface area contributed by atoms with E-state index in [2.05, 4.69) is 54.8 Å². The Morgan fingerprint density at radius 1 is 0.944 bits per heavy atom. The van der Waals surface area contributed by atoms with Crippen LogP contribution in [0.1, 0.15) is 12.0 Å². The van der Waals surface area contributed by atoms with Crippen LogP contribution in [-0.4, -0.2) is 12.5 Å². The van der Waals surface area contributed by atoms with Gasteiger partial charge in [0.15, 0.2) is 0 Å². The molecule has 1 nitrogen and oxygen atoms in total. The topological polar surface area (TPSA) is 17.1 Å². The van der Waals surface area contributed by atoms with Crippen molar-refractivity contribution < 1.29 is 4.79 Å². The molecule has 0 atom stereocenters. The zero-order chi connectivity index (χ0) is 12.8. The van der Waals surface area contributed by atoms with Gasteiger partial charge in [-0.25, -0.2) is 0 Å². The maximum Gasteiger partial charge on any atom is 0.120 e. The molecule has 0 N–H and O–H groups in total. The summed E-state index contributed by atoms with van der Waals surface area (Å²) >= 11 is 1.75. The lowest BCUT2D eigenvalue weighted by molar-refractivity contribution is -0.107. The second kappa shape index (κ2) is 6.41. The Labute approximate surface area is 112 Å². The van der Waals surface area contributed by atoms with Crippen molar-refractivity contribution in [1.29, 1.82) is 0 Å². The zero-order valence-electron chi connectivity index (χ0n) is 10.4. The molecule has 2 heteroatoms.